The molecule has 35 heavy (non-hydrogen) atoms. The number of hydrogen-bond acceptors (Lipinski definition) is 4. The van der Waals surface area contributed by atoms with Crippen molar-refractivity contribution in [2.75, 3.05) is 19.8 Å². The van der Waals surface area contributed by atoms with E-state index in [9.17, 15) is 31.1 Å². The van der Waals surface area contributed by atoms with Gasteiger partial charge in [0.2, 0.25) is 0 Å². The van der Waals surface area contributed by atoms with Crippen LogP contribution in [0.3, 0.4) is 0 Å². The molecule has 11 heteroatoms. The minimum absolute atomic E-state index is 0.0132. The van der Waals surface area contributed by atoms with Crippen LogP contribution in [0.2, 0.25) is 0 Å². The number of ether oxygens (including phenoxy) is 2. The van der Waals surface area contributed by atoms with E-state index in [0.717, 1.165) is 5.56 Å². The molecule has 2 aromatic carbocycles. The van der Waals surface area contributed by atoms with E-state index in [1.165, 1.54) is 6.92 Å². The van der Waals surface area contributed by atoms with Crippen LogP contribution in [0.5, 0.6) is 0 Å². The summed E-state index contributed by atoms with van der Waals surface area (Å²) in [5, 5.41) is 6.21. The van der Waals surface area contributed by atoms with Crippen molar-refractivity contribution in [2.24, 2.45) is 0 Å². The third-order valence-electron chi connectivity index (χ3n) is 6.63. The van der Waals surface area contributed by atoms with Crippen molar-refractivity contribution < 1.29 is 40.6 Å². The number of benzene rings is 2. The fourth-order valence-electron chi connectivity index (χ4n) is 4.48. The lowest BCUT2D eigenvalue weighted by molar-refractivity contribution is -0.143. The Hall–Kier alpha value is -2.79. The predicted octanol–water partition coefficient (Wildman–Crippen LogP) is 5.56. The van der Waals surface area contributed by atoms with Gasteiger partial charge in [-0.2, -0.15) is 26.3 Å². The first-order valence-corrected chi connectivity index (χ1v) is 11.0. The van der Waals surface area contributed by atoms with Crippen LogP contribution in [-0.4, -0.2) is 31.4 Å². The predicted molar refractivity (Wildman–Crippen MR) is 113 cm³/mol. The van der Waals surface area contributed by atoms with E-state index in [4.69, 9.17) is 9.47 Å². The molecule has 2 aromatic rings. The van der Waals surface area contributed by atoms with Gasteiger partial charge < -0.3 is 20.1 Å². The summed E-state index contributed by atoms with van der Waals surface area (Å²) in [6.07, 6.45) is -10.4. The monoisotopic (exact) mass is 502 g/mol. The summed E-state index contributed by atoms with van der Waals surface area (Å²) >= 11 is 0. The van der Waals surface area contributed by atoms with Crippen molar-refractivity contribution in [1.82, 2.24) is 10.6 Å². The topological polar surface area (TPSA) is 59.6 Å². The van der Waals surface area contributed by atoms with Crippen molar-refractivity contribution >= 4 is 6.09 Å². The van der Waals surface area contributed by atoms with Crippen molar-refractivity contribution in [3.8, 4) is 0 Å². The van der Waals surface area contributed by atoms with Crippen molar-refractivity contribution in [3.05, 3.63) is 70.8 Å². The standard InChI is InChI=1S/C24H24F6N2O3/c1-15(16-9-18(23(25,26)27)11-19(10-16)24(28,29)30)34-14-22(17-5-3-2-4-6-17)8-7-21(12-31-22)13-35-20(33)32-21/h2-6,9-11,15,31H,7-8,12-14H2,1H3,(H,32,33)/t15?,21-,22-/m1/s1. The number of halogens is 6. The maximum absolute atomic E-state index is 13.3. The number of carbonyl (C=O) groups excluding carboxylic acids is 1. The molecule has 1 unspecified atom stereocenters. The highest BCUT2D eigenvalue weighted by atomic mass is 19.4. The number of cyclic esters (lactones) is 1. The molecule has 190 valence electrons. The van der Waals surface area contributed by atoms with Gasteiger partial charge in [-0.3, -0.25) is 0 Å². The largest absolute Gasteiger partial charge is 0.447 e. The molecule has 2 aliphatic rings. The van der Waals surface area contributed by atoms with Gasteiger partial charge in [-0.1, -0.05) is 30.3 Å². The Morgan fingerprint density at radius 3 is 2.11 bits per heavy atom. The highest BCUT2D eigenvalue weighted by molar-refractivity contribution is 5.70. The maximum Gasteiger partial charge on any atom is 0.416 e. The van der Waals surface area contributed by atoms with Gasteiger partial charge >= 0.3 is 18.4 Å². The first-order valence-electron chi connectivity index (χ1n) is 11.0. The van der Waals surface area contributed by atoms with Crippen LogP contribution in [0.15, 0.2) is 48.5 Å². The number of nitrogens with one attached hydrogen (secondary N) is 2. The molecule has 0 aliphatic carbocycles. The van der Waals surface area contributed by atoms with Crippen LogP contribution in [0, 0.1) is 0 Å². The fourth-order valence-corrected chi connectivity index (χ4v) is 4.48. The number of carbonyl (C=O) groups is 1. The SMILES string of the molecule is CC(OC[C@@]1(c2ccccc2)CC[C@@]2(CN1)COC(=O)N2)c1cc(C(F)(F)F)cc(C(F)(F)F)c1. The fraction of sp³-hybridized carbons (Fsp3) is 0.458. The second-order valence-corrected chi connectivity index (χ2v) is 9.08. The third kappa shape index (κ3) is 5.40. The molecular formula is C24H24F6N2O3. The summed E-state index contributed by atoms with van der Waals surface area (Å²) in [6, 6.07) is 10.7. The van der Waals surface area contributed by atoms with E-state index < -0.39 is 46.8 Å². The molecule has 0 aromatic heterocycles. The zero-order chi connectivity index (χ0) is 25.5. The molecule has 1 amide bonds. The number of alkyl carbamates (subject to hydrolysis) is 1. The average Bonchev–Trinajstić information content (AvgIpc) is 3.18. The average molecular weight is 502 g/mol. The molecule has 2 fully saturated rings. The van der Waals surface area contributed by atoms with Gasteiger partial charge in [0.15, 0.2) is 0 Å². The molecule has 2 N–H and O–H groups in total. The summed E-state index contributed by atoms with van der Waals surface area (Å²) in [4.78, 5) is 11.6. The van der Waals surface area contributed by atoms with Crippen LogP contribution in [0.1, 0.15) is 48.1 Å². The third-order valence-corrected chi connectivity index (χ3v) is 6.63. The Morgan fingerprint density at radius 2 is 1.63 bits per heavy atom. The van der Waals surface area contributed by atoms with Crippen molar-refractivity contribution in [1.29, 1.82) is 0 Å². The molecule has 5 nitrogen and oxygen atoms in total. The molecular weight excluding hydrogens is 478 g/mol. The zero-order valence-electron chi connectivity index (χ0n) is 18.7. The number of hydrogen-bond donors (Lipinski definition) is 2. The Balaban J connectivity index is 1.58. The van der Waals surface area contributed by atoms with E-state index in [1.807, 2.05) is 30.3 Å². The summed E-state index contributed by atoms with van der Waals surface area (Å²) in [7, 11) is 0. The molecule has 2 heterocycles. The highest BCUT2D eigenvalue weighted by Gasteiger charge is 2.48. The Morgan fingerprint density at radius 1 is 1.00 bits per heavy atom. The Labute approximate surface area is 197 Å². The molecule has 0 bridgehead atoms. The maximum atomic E-state index is 13.3. The lowest BCUT2D eigenvalue weighted by Crippen LogP contribution is -2.62. The minimum Gasteiger partial charge on any atom is -0.447 e. The van der Waals surface area contributed by atoms with Crippen LogP contribution in [0.4, 0.5) is 31.1 Å². The van der Waals surface area contributed by atoms with E-state index >= 15 is 0 Å². The van der Waals surface area contributed by atoms with Crippen molar-refractivity contribution in [3.63, 3.8) is 0 Å². The number of piperidine rings is 1. The lowest BCUT2D eigenvalue weighted by atomic mass is 9.77. The van der Waals surface area contributed by atoms with Crippen LogP contribution < -0.4 is 10.6 Å². The highest BCUT2D eigenvalue weighted by Crippen LogP contribution is 2.40. The molecule has 4 rings (SSSR count). The smallest absolute Gasteiger partial charge is 0.416 e. The van der Waals surface area contributed by atoms with Gasteiger partial charge in [-0.15, -0.1) is 0 Å². The van der Waals surface area contributed by atoms with Gasteiger partial charge in [0.05, 0.1) is 34.9 Å². The van der Waals surface area contributed by atoms with E-state index in [0.29, 0.717) is 31.5 Å². The van der Waals surface area contributed by atoms with E-state index in [-0.39, 0.29) is 24.8 Å². The summed E-state index contributed by atoms with van der Waals surface area (Å²) in [6.45, 7) is 1.96. The second-order valence-electron chi connectivity index (χ2n) is 9.08. The summed E-state index contributed by atoms with van der Waals surface area (Å²) in [5.74, 6) is 0. The van der Waals surface area contributed by atoms with Crippen LogP contribution in [-0.2, 0) is 27.4 Å². The zero-order valence-corrected chi connectivity index (χ0v) is 18.7. The molecule has 3 atom stereocenters. The lowest BCUT2D eigenvalue weighted by Gasteiger charge is -2.45. The van der Waals surface area contributed by atoms with Crippen molar-refractivity contribution in [2.45, 2.75) is 49.3 Å². The Bertz CT molecular complexity index is 1030. The Kier molecular flexibility index (Phi) is 6.52. The van der Waals surface area contributed by atoms with Gasteiger partial charge in [-0.05, 0) is 49.1 Å². The van der Waals surface area contributed by atoms with Gasteiger partial charge in [-0.25, -0.2) is 4.79 Å². The second kappa shape index (κ2) is 9.02. The van der Waals surface area contributed by atoms with E-state index in [2.05, 4.69) is 10.6 Å². The summed E-state index contributed by atoms with van der Waals surface area (Å²) in [5.41, 5.74) is -3.48. The van der Waals surface area contributed by atoms with Crippen LogP contribution in [0.25, 0.3) is 0 Å². The van der Waals surface area contributed by atoms with Crippen LogP contribution >= 0.6 is 0 Å². The number of rotatable bonds is 5. The van der Waals surface area contributed by atoms with Gasteiger partial charge in [0.1, 0.15) is 6.61 Å². The van der Waals surface area contributed by atoms with E-state index in [1.54, 1.807) is 0 Å². The molecule has 2 aliphatic heterocycles. The molecule has 1 spiro atoms. The first kappa shape index (κ1) is 25.3. The molecule has 2 saturated heterocycles. The van der Waals surface area contributed by atoms with Gasteiger partial charge in [0, 0.05) is 6.54 Å². The summed E-state index contributed by atoms with van der Waals surface area (Å²) < 4.78 is 90.6. The number of alkyl halides is 6. The van der Waals surface area contributed by atoms with Gasteiger partial charge in [0.25, 0.3) is 0 Å². The normalized spacial score (nSPS) is 25.9. The first-order chi connectivity index (χ1) is 16.3. The number of amides is 1. The molecule has 0 saturated carbocycles. The quantitative estimate of drug-likeness (QED) is 0.526. The molecule has 0 radical (unpaired) electrons. The minimum atomic E-state index is -4.94.